The van der Waals surface area contributed by atoms with Gasteiger partial charge in [0, 0.05) is 13.0 Å². The maximum atomic E-state index is 12.1. The number of rotatable bonds is 26. The number of unbranched alkanes of at least 4 members (excludes halogenated alkanes) is 9. The van der Waals surface area contributed by atoms with Gasteiger partial charge in [0.1, 0.15) is 6.10 Å². The van der Waals surface area contributed by atoms with E-state index in [0.717, 1.165) is 6.42 Å². The summed E-state index contributed by atoms with van der Waals surface area (Å²) >= 11 is 0. The van der Waals surface area contributed by atoms with Crippen molar-refractivity contribution in [3.8, 4) is 0 Å². The van der Waals surface area contributed by atoms with Crippen LogP contribution in [0.25, 0.3) is 0 Å². The first kappa shape index (κ1) is 35.5. The molecule has 36 heavy (non-hydrogen) atoms. The molecule has 4 unspecified atom stereocenters. The van der Waals surface area contributed by atoms with Gasteiger partial charge in [-0.2, -0.15) is 0 Å². The first-order chi connectivity index (χ1) is 17.2. The van der Waals surface area contributed by atoms with Crippen LogP contribution in [0, 0.1) is 11.8 Å². The molecule has 3 N–H and O–H groups in total. The van der Waals surface area contributed by atoms with Crippen molar-refractivity contribution in [2.75, 3.05) is 39.6 Å². The predicted molar refractivity (Wildman–Crippen MR) is 148 cm³/mol. The topological polar surface area (TPSA) is 98.7 Å². The van der Waals surface area contributed by atoms with E-state index in [2.05, 4.69) is 20.8 Å². The Kier molecular flexibility index (Phi) is 23.3. The Morgan fingerprint density at radius 1 is 0.861 bits per heavy atom. The lowest BCUT2D eigenvalue weighted by Gasteiger charge is -2.22. The Labute approximate surface area is 222 Å². The van der Waals surface area contributed by atoms with Crippen LogP contribution in [-0.4, -0.2) is 56.5 Å². The lowest BCUT2D eigenvalue weighted by Crippen LogP contribution is -2.80. The van der Waals surface area contributed by atoms with E-state index < -0.39 is 13.7 Å². The van der Waals surface area contributed by atoms with E-state index in [4.69, 9.17) is 14.0 Å². The molecule has 0 saturated carbocycles. The molecular formula is C28H59NO6P+. The molecule has 0 spiro atoms. The van der Waals surface area contributed by atoms with Gasteiger partial charge in [-0.15, -0.1) is 0 Å². The van der Waals surface area contributed by atoms with Crippen LogP contribution in [0.4, 0.5) is 0 Å². The molecule has 0 bridgehead atoms. The van der Waals surface area contributed by atoms with Crippen molar-refractivity contribution in [1.29, 1.82) is 0 Å². The Morgan fingerprint density at radius 2 is 1.47 bits per heavy atom. The second-order valence-electron chi connectivity index (χ2n) is 10.7. The molecule has 8 heteroatoms. The summed E-state index contributed by atoms with van der Waals surface area (Å²) in [6.07, 6.45) is 16.4. The zero-order valence-corrected chi connectivity index (χ0v) is 25.1. The van der Waals surface area contributed by atoms with Crippen LogP contribution in [0.3, 0.4) is 0 Å². The van der Waals surface area contributed by atoms with Crippen molar-refractivity contribution in [2.24, 2.45) is 11.8 Å². The van der Waals surface area contributed by atoms with Crippen molar-refractivity contribution in [3.05, 3.63) is 0 Å². The second-order valence-corrected chi connectivity index (χ2v) is 12.7. The van der Waals surface area contributed by atoms with E-state index in [1.54, 1.807) is 0 Å². The highest BCUT2D eigenvalue weighted by Gasteiger charge is 2.24. The third-order valence-corrected chi connectivity index (χ3v) is 7.85. The number of carbonyl (C=O) groups is 1. The summed E-state index contributed by atoms with van der Waals surface area (Å²) in [6, 6.07) is 0. The van der Waals surface area contributed by atoms with Crippen LogP contribution in [0.15, 0.2) is 0 Å². The van der Waals surface area contributed by atoms with E-state index >= 15 is 0 Å². The fraction of sp³-hybridized carbons (Fsp3) is 0.964. The quantitative estimate of drug-likeness (QED) is 0.0789. The summed E-state index contributed by atoms with van der Waals surface area (Å²) in [4.78, 5) is 21.9. The number of esters is 1. The molecule has 4 atom stereocenters. The maximum absolute atomic E-state index is 12.1. The molecule has 0 aromatic heterocycles. The minimum absolute atomic E-state index is 0.0634. The van der Waals surface area contributed by atoms with Gasteiger partial charge in [-0.1, -0.05) is 98.3 Å². The minimum Gasteiger partial charge on any atom is -0.457 e. The average Bonchev–Trinajstić information content (AvgIpc) is 2.82. The van der Waals surface area contributed by atoms with Crippen molar-refractivity contribution in [3.63, 3.8) is 0 Å². The molecular weight excluding hydrogens is 477 g/mol. The summed E-state index contributed by atoms with van der Waals surface area (Å²) in [5.41, 5.74) is 0. The van der Waals surface area contributed by atoms with Crippen molar-refractivity contribution >= 4 is 13.6 Å². The van der Waals surface area contributed by atoms with E-state index in [-0.39, 0.29) is 25.3 Å². The Hall–Kier alpha value is -0.460. The molecule has 0 fully saturated rings. The van der Waals surface area contributed by atoms with Gasteiger partial charge in [0.15, 0.2) is 0 Å². The van der Waals surface area contributed by atoms with Gasteiger partial charge in [0.25, 0.3) is 0 Å². The summed E-state index contributed by atoms with van der Waals surface area (Å²) in [7, 11) is -1.86. The largest absolute Gasteiger partial charge is 0.457 e. The number of ether oxygens (including phenoxy) is 2. The normalized spacial score (nSPS) is 15.8. The van der Waals surface area contributed by atoms with Gasteiger partial charge >= 0.3 is 13.6 Å². The van der Waals surface area contributed by atoms with Crippen LogP contribution in [0.5, 0.6) is 0 Å². The number of hydrogen-bond donors (Lipinski definition) is 2. The van der Waals surface area contributed by atoms with Crippen LogP contribution < -0.4 is 5.32 Å². The van der Waals surface area contributed by atoms with Gasteiger partial charge in [-0.3, -0.25) is 9.36 Å². The molecule has 0 aromatic rings. The van der Waals surface area contributed by atoms with E-state index in [1.807, 2.05) is 19.3 Å². The number of hydrogen-bond acceptors (Lipinski definition) is 5. The van der Waals surface area contributed by atoms with Gasteiger partial charge in [0.2, 0.25) is 0 Å². The maximum Gasteiger partial charge on any atom is 0.333 e. The molecule has 0 aliphatic heterocycles. The van der Waals surface area contributed by atoms with Crippen LogP contribution in [0.2, 0.25) is 0 Å². The molecule has 216 valence electrons. The van der Waals surface area contributed by atoms with Crippen LogP contribution >= 0.6 is 7.60 Å². The Bertz CT molecular complexity index is 562. The van der Waals surface area contributed by atoms with Gasteiger partial charge in [0.05, 0.1) is 33.0 Å². The number of nitrogens with two attached hydrogens (primary N) is 1. The molecule has 0 aliphatic rings. The van der Waals surface area contributed by atoms with Gasteiger partial charge in [-0.05, 0) is 24.7 Å². The fourth-order valence-corrected chi connectivity index (χ4v) is 5.49. The summed E-state index contributed by atoms with van der Waals surface area (Å²) < 4.78 is 28.7. The van der Waals surface area contributed by atoms with Gasteiger partial charge in [-0.25, -0.2) is 0 Å². The highest BCUT2D eigenvalue weighted by molar-refractivity contribution is 7.52. The molecule has 0 aliphatic carbocycles. The fourth-order valence-electron chi connectivity index (χ4n) is 4.38. The van der Waals surface area contributed by atoms with Gasteiger partial charge < -0.3 is 24.2 Å². The van der Waals surface area contributed by atoms with Crippen molar-refractivity contribution < 1.29 is 33.6 Å². The smallest absolute Gasteiger partial charge is 0.333 e. The first-order valence-electron chi connectivity index (χ1n) is 14.7. The monoisotopic (exact) mass is 536 g/mol. The predicted octanol–water partition coefficient (Wildman–Crippen LogP) is 6.08. The van der Waals surface area contributed by atoms with E-state index in [0.29, 0.717) is 37.8 Å². The molecule has 0 saturated heterocycles. The third kappa shape index (κ3) is 22.7. The number of quaternary nitrogens is 1. The highest BCUT2D eigenvalue weighted by Crippen LogP contribution is 2.40. The molecule has 0 rings (SSSR count). The Morgan fingerprint density at radius 3 is 2.06 bits per heavy atom. The first-order valence-corrected chi connectivity index (χ1v) is 16.5. The summed E-state index contributed by atoms with van der Waals surface area (Å²) in [5.74, 6) is 0.734. The standard InChI is InChI=1S/C28H58NO6P/c1-6-8-9-10-11-12-13-14-15-16-18-25(3)21-26(4)22-33-23-27(35-28(30)17-7-2)24-34-36(31,32)20-19-29-5/h25-27,29H,6-24H2,1-5H3,(H,31,32)/p+1. The minimum atomic E-state index is -3.70. The molecule has 7 nitrogen and oxygen atoms in total. The third-order valence-electron chi connectivity index (χ3n) is 6.48. The zero-order chi connectivity index (χ0) is 27.1. The van der Waals surface area contributed by atoms with E-state index in [9.17, 15) is 14.3 Å². The van der Waals surface area contributed by atoms with E-state index in [1.165, 1.54) is 70.6 Å². The Balaban J connectivity index is 4.13. The average molecular weight is 537 g/mol. The van der Waals surface area contributed by atoms with Crippen molar-refractivity contribution in [2.45, 2.75) is 124 Å². The molecule has 0 amide bonds. The zero-order valence-electron chi connectivity index (χ0n) is 24.2. The van der Waals surface area contributed by atoms with Crippen LogP contribution in [-0.2, 0) is 23.4 Å². The second kappa shape index (κ2) is 23.6. The SMILES string of the molecule is CCCCCCCCCCCCC(C)CC(C)COCC(COP(=O)(O)CC[NH2+]C)OC(=O)CCC. The number of carbonyl (C=O) groups excluding carboxylic acids is 1. The lowest BCUT2D eigenvalue weighted by molar-refractivity contribution is -0.622. The molecule has 0 heterocycles. The highest BCUT2D eigenvalue weighted by atomic mass is 31.2. The summed E-state index contributed by atoms with van der Waals surface area (Å²) in [5, 5.41) is 1.83. The van der Waals surface area contributed by atoms with Crippen molar-refractivity contribution in [1.82, 2.24) is 0 Å². The summed E-state index contributed by atoms with van der Waals surface area (Å²) in [6.45, 7) is 9.80. The molecule has 0 aromatic carbocycles. The lowest BCUT2D eigenvalue weighted by atomic mass is 9.93. The molecule has 0 radical (unpaired) electrons. The van der Waals surface area contributed by atoms with Crippen LogP contribution in [0.1, 0.15) is 118 Å².